The number of hydrogen-bond donors (Lipinski definition) is 2. The number of rotatable bonds is 7. The van der Waals surface area contributed by atoms with E-state index in [0.717, 1.165) is 29.3 Å². The number of sulfonamides is 1. The lowest BCUT2D eigenvalue weighted by Gasteiger charge is -2.12. The van der Waals surface area contributed by atoms with Gasteiger partial charge in [-0.1, -0.05) is 23.7 Å². The smallest absolute Gasteiger partial charge is 0.240 e. The van der Waals surface area contributed by atoms with E-state index < -0.39 is 10.0 Å². The van der Waals surface area contributed by atoms with Crippen LogP contribution in [0, 0.1) is 0 Å². The average Bonchev–Trinajstić information content (AvgIpc) is 3.24. The van der Waals surface area contributed by atoms with Gasteiger partial charge in [-0.2, -0.15) is 0 Å². The maximum Gasteiger partial charge on any atom is 0.240 e. The third-order valence-electron chi connectivity index (χ3n) is 4.82. The Bertz CT molecular complexity index is 1100. The Morgan fingerprint density at radius 1 is 1.14 bits per heavy atom. The Labute approximate surface area is 174 Å². The number of hydrogen-bond acceptors (Lipinski definition) is 6. The van der Waals surface area contributed by atoms with Crippen LogP contribution in [0.3, 0.4) is 0 Å². The van der Waals surface area contributed by atoms with Crippen LogP contribution in [-0.4, -0.2) is 37.6 Å². The Morgan fingerprint density at radius 2 is 1.97 bits per heavy atom. The van der Waals surface area contributed by atoms with E-state index in [0.29, 0.717) is 30.5 Å². The highest BCUT2D eigenvalue weighted by atomic mass is 35.5. The third-order valence-corrected chi connectivity index (χ3v) is 6.49. The van der Waals surface area contributed by atoms with E-state index in [9.17, 15) is 8.42 Å². The zero-order valence-electron chi connectivity index (χ0n) is 15.6. The molecule has 7 nitrogen and oxygen atoms in total. The standard InChI is InChI=1S/C20H21ClN4O3S/c21-15-5-8-18-19(10-15)23-13-24-20(18)22-11-14-3-6-17(7-4-14)29(26,27)25-12-16-2-1-9-28-16/h3-8,10,13,16,25H,1-2,9,11-12H2,(H,22,23,24). The van der Waals surface area contributed by atoms with Gasteiger partial charge in [0.2, 0.25) is 10.0 Å². The first-order chi connectivity index (χ1) is 14.0. The minimum atomic E-state index is -3.55. The SMILES string of the molecule is O=S(=O)(NCC1CCCO1)c1ccc(CNc2ncnc3cc(Cl)ccc23)cc1. The van der Waals surface area contributed by atoms with E-state index in [1.165, 1.54) is 6.33 Å². The summed E-state index contributed by atoms with van der Waals surface area (Å²) in [5.41, 5.74) is 1.69. The van der Waals surface area contributed by atoms with Gasteiger partial charge in [0.25, 0.3) is 0 Å². The van der Waals surface area contributed by atoms with Gasteiger partial charge in [0.05, 0.1) is 16.5 Å². The molecule has 0 aliphatic carbocycles. The molecule has 9 heteroatoms. The maximum absolute atomic E-state index is 12.4. The lowest BCUT2D eigenvalue weighted by Crippen LogP contribution is -2.31. The summed E-state index contributed by atoms with van der Waals surface area (Å²) in [5.74, 6) is 0.696. The van der Waals surface area contributed by atoms with Crippen LogP contribution < -0.4 is 10.0 Å². The number of fused-ring (bicyclic) bond motifs is 1. The predicted molar refractivity (Wildman–Crippen MR) is 112 cm³/mol. The fourth-order valence-corrected chi connectivity index (χ4v) is 4.47. The molecule has 0 bridgehead atoms. The van der Waals surface area contributed by atoms with Crippen LogP contribution in [0.15, 0.2) is 53.7 Å². The van der Waals surface area contributed by atoms with Gasteiger partial charge in [0.1, 0.15) is 12.1 Å². The van der Waals surface area contributed by atoms with Gasteiger partial charge in [-0.3, -0.25) is 0 Å². The van der Waals surface area contributed by atoms with Crippen LogP contribution in [0.5, 0.6) is 0 Å². The molecule has 29 heavy (non-hydrogen) atoms. The summed E-state index contributed by atoms with van der Waals surface area (Å²) in [6.07, 6.45) is 3.31. The topological polar surface area (TPSA) is 93.2 Å². The van der Waals surface area contributed by atoms with Crippen molar-refractivity contribution >= 4 is 38.3 Å². The molecule has 2 aromatic carbocycles. The van der Waals surface area contributed by atoms with Crippen LogP contribution in [0.4, 0.5) is 5.82 Å². The molecule has 1 aliphatic rings. The molecule has 1 fully saturated rings. The van der Waals surface area contributed by atoms with Crippen molar-refractivity contribution in [1.82, 2.24) is 14.7 Å². The first kappa shape index (κ1) is 20.0. The molecule has 4 rings (SSSR count). The molecular weight excluding hydrogens is 412 g/mol. The highest BCUT2D eigenvalue weighted by Gasteiger charge is 2.20. The number of nitrogens with one attached hydrogen (secondary N) is 2. The normalized spacial score (nSPS) is 16.9. The number of ether oxygens (including phenoxy) is 1. The highest BCUT2D eigenvalue weighted by Crippen LogP contribution is 2.23. The van der Waals surface area contributed by atoms with Crippen molar-refractivity contribution in [2.75, 3.05) is 18.5 Å². The average molecular weight is 433 g/mol. The minimum Gasteiger partial charge on any atom is -0.377 e. The number of aromatic nitrogens is 2. The molecule has 1 unspecified atom stereocenters. The Hall–Kier alpha value is -2.26. The van der Waals surface area contributed by atoms with Gasteiger partial charge >= 0.3 is 0 Å². The maximum atomic E-state index is 12.4. The van der Waals surface area contributed by atoms with Crippen LogP contribution >= 0.6 is 11.6 Å². The second kappa shape index (κ2) is 8.62. The molecule has 1 atom stereocenters. The molecule has 3 aromatic rings. The fourth-order valence-electron chi connectivity index (χ4n) is 3.23. The van der Waals surface area contributed by atoms with Crippen molar-refractivity contribution < 1.29 is 13.2 Å². The zero-order chi connectivity index (χ0) is 20.3. The largest absolute Gasteiger partial charge is 0.377 e. The molecule has 1 aromatic heterocycles. The summed E-state index contributed by atoms with van der Waals surface area (Å²) in [5, 5.41) is 4.76. The number of halogens is 1. The number of anilines is 1. The lowest BCUT2D eigenvalue weighted by molar-refractivity contribution is 0.114. The quantitative estimate of drug-likeness (QED) is 0.594. The molecular formula is C20H21ClN4O3S. The molecule has 0 radical (unpaired) electrons. The summed E-state index contributed by atoms with van der Waals surface area (Å²) >= 11 is 6.01. The summed E-state index contributed by atoms with van der Waals surface area (Å²) in [7, 11) is -3.55. The Balaban J connectivity index is 1.41. The van der Waals surface area contributed by atoms with Crippen molar-refractivity contribution in [2.45, 2.75) is 30.4 Å². The summed E-state index contributed by atoms with van der Waals surface area (Å²) in [6.45, 7) is 1.50. The van der Waals surface area contributed by atoms with Gasteiger partial charge in [0, 0.05) is 30.1 Å². The van der Waals surface area contributed by atoms with Crippen LogP contribution in [-0.2, 0) is 21.3 Å². The van der Waals surface area contributed by atoms with Gasteiger partial charge in [-0.05, 0) is 48.7 Å². The van der Waals surface area contributed by atoms with E-state index in [1.807, 2.05) is 6.07 Å². The lowest BCUT2D eigenvalue weighted by atomic mass is 10.2. The number of nitrogens with zero attached hydrogens (tertiary/aromatic N) is 2. The molecule has 1 saturated heterocycles. The van der Waals surface area contributed by atoms with E-state index in [2.05, 4.69) is 20.0 Å². The summed E-state index contributed by atoms with van der Waals surface area (Å²) in [6, 6.07) is 12.2. The molecule has 0 spiro atoms. The second-order valence-electron chi connectivity index (χ2n) is 6.87. The van der Waals surface area contributed by atoms with Crippen molar-refractivity contribution in [1.29, 1.82) is 0 Å². The zero-order valence-corrected chi connectivity index (χ0v) is 17.2. The van der Waals surface area contributed by atoms with Crippen molar-refractivity contribution in [2.24, 2.45) is 0 Å². The van der Waals surface area contributed by atoms with Gasteiger partial charge < -0.3 is 10.1 Å². The van der Waals surface area contributed by atoms with Gasteiger partial charge in [-0.25, -0.2) is 23.1 Å². The molecule has 2 N–H and O–H groups in total. The molecule has 2 heterocycles. The van der Waals surface area contributed by atoms with Crippen molar-refractivity contribution in [3.8, 4) is 0 Å². The third kappa shape index (κ3) is 4.84. The molecule has 0 amide bonds. The van der Waals surface area contributed by atoms with Crippen LogP contribution in [0.1, 0.15) is 18.4 Å². The second-order valence-corrected chi connectivity index (χ2v) is 9.07. The Kier molecular flexibility index (Phi) is 5.96. The van der Waals surface area contributed by atoms with E-state index in [4.69, 9.17) is 16.3 Å². The first-order valence-corrected chi connectivity index (χ1v) is 11.2. The monoisotopic (exact) mass is 432 g/mol. The van der Waals surface area contributed by atoms with Crippen molar-refractivity contribution in [3.63, 3.8) is 0 Å². The van der Waals surface area contributed by atoms with Crippen LogP contribution in [0.25, 0.3) is 10.9 Å². The van der Waals surface area contributed by atoms with Gasteiger partial charge in [-0.15, -0.1) is 0 Å². The number of benzene rings is 2. The summed E-state index contributed by atoms with van der Waals surface area (Å²) < 4.78 is 33.0. The van der Waals surface area contributed by atoms with E-state index >= 15 is 0 Å². The van der Waals surface area contributed by atoms with E-state index in [1.54, 1.807) is 36.4 Å². The molecule has 152 valence electrons. The molecule has 0 saturated carbocycles. The van der Waals surface area contributed by atoms with Crippen LogP contribution in [0.2, 0.25) is 5.02 Å². The predicted octanol–water partition coefficient (Wildman–Crippen LogP) is 3.35. The fraction of sp³-hybridized carbons (Fsp3) is 0.300. The minimum absolute atomic E-state index is 0.0363. The van der Waals surface area contributed by atoms with Gasteiger partial charge in [0.15, 0.2) is 0 Å². The molecule has 1 aliphatic heterocycles. The highest BCUT2D eigenvalue weighted by molar-refractivity contribution is 7.89. The summed E-state index contributed by atoms with van der Waals surface area (Å²) in [4.78, 5) is 8.75. The first-order valence-electron chi connectivity index (χ1n) is 9.36. The Morgan fingerprint density at radius 3 is 2.72 bits per heavy atom. The van der Waals surface area contributed by atoms with Crippen molar-refractivity contribution in [3.05, 3.63) is 59.4 Å². The van der Waals surface area contributed by atoms with E-state index in [-0.39, 0.29) is 11.0 Å².